The number of hydrogen-bond donors (Lipinski definition) is 1. The van der Waals surface area contributed by atoms with Crippen molar-refractivity contribution in [2.45, 2.75) is 31.2 Å². The van der Waals surface area contributed by atoms with Crippen LogP contribution >= 0.6 is 0 Å². The molecular weight excluding hydrogens is 348 g/mol. The third-order valence-corrected chi connectivity index (χ3v) is 5.59. The van der Waals surface area contributed by atoms with Gasteiger partial charge in [-0.2, -0.15) is 0 Å². The fourth-order valence-electron chi connectivity index (χ4n) is 3.99. The SMILES string of the molecule is [O]CC(c1ccccc1F)C(c1ccccc1F)N(CCO)CC1CCC1. The molecule has 0 spiro atoms. The maximum absolute atomic E-state index is 14.7. The average molecular weight is 374 g/mol. The lowest BCUT2D eigenvalue weighted by molar-refractivity contribution is 0.0610. The molecule has 0 aromatic heterocycles. The third-order valence-electron chi connectivity index (χ3n) is 5.59. The van der Waals surface area contributed by atoms with Crippen LogP contribution in [0.15, 0.2) is 48.5 Å². The second kappa shape index (κ2) is 9.40. The largest absolute Gasteiger partial charge is 0.395 e. The molecule has 1 fully saturated rings. The van der Waals surface area contributed by atoms with Crippen molar-refractivity contribution in [3.63, 3.8) is 0 Å². The van der Waals surface area contributed by atoms with Gasteiger partial charge in [-0.1, -0.05) is 42.8 Å². The first-order valence-electron chi connectivity index (χ1n) is 9.57. The minimum atomic E-state index is -0.741. The van der Waals surface area contributed by atoms with E-state index in [1.54, 1.807) is 36.4 Å². The Morgan fingerprint density at radius 2 is 1.59 bits per heavy atom. The number of hydrogen-bond acceptors (Lipinski definition) is 2. The molecule has 2 aromatic rings. The highest BCUT2D eigenvalue weighted by atomic mass is 19.1. The molecular formula is C22H26F2NO2. The Bertz CT molecular complexity index is 736. The van der Waals surface area contributed by atoms with Gasteiger partial charge in [0.25, 0.3) is 0 Å². The fourth-order valence-corrected chi connectivity index (χ4v) is 3.99. The molecule has 1 radical (unpaired) electrons. The van der Waals surface area contributed by atoms with Crippen molar-refractivity contribution in [1.82, 2.24) is 4.90 Å². The first-order valence-corrected chi connectivity index (χ1v) is 9.57. The van der Waals surface area contributed by atoms with E-state index in [1.807, 2.05) is 4.90 Å². The van der Waals surface area contributed by atoms with Gasteiger partial charge >= 0.3 is 0 Å². The Labute approximate surface area is 159 Å². The number of benzene rings is 2. The zero-order valence-electron chi connectivity index (χ0n) is 15.4. The van der Waals surface area contributed by atoms with E-state index in [9.17, 15) is 19.0 Å². The van der Waals surface area contributed by atoms with E-state index in [1.165, 1.54) is 18.6 Å². The van der Waals surface area contributed by atoms with Crippen LogP contribution in [0.4, 0.5) is 8.78 Å². The van der Waals surface area contributed by atoms with Gasteiger partial charge in [0, 0.05) is 30.6 Å². The number of halogens is 2. The maximum atomic E-state index is 14.7. The number of nitrogens with zero attached hydrogens (tertiary/aromatic N) is 1. The molecule has 3 nitrogen and oxygen atoms in total. The highest BCUT2D eigenvalue weighted by Crippen LogP contribution is 2.40. The Kier molecular flexibility index (Phi) is 6.94. The smallest absolute Gasteiger partial charge is 0.128 e. The first-order chi connectivity index (χ1) is 13.2. The second-order valence-corrected chi connectivity index (χ2v) is 7.28. The summed E-state index contributed by atoms with van der Waals surface area (Å²) >= 11 is 0. The highest BCUT2D eigenvalue weighted by Gasteiger charge is 2.35. The summed E-state index contributed by atoms with van der Waals surface area (Å²) in [5, 5.41) is 21.8. The highest BCUT2D eigenvalue weighted by molar-refractivity contribution is 5.30. The van der Waals surface area contributed by atoms with E-state index in [0.717, 1.165) is 12.8 Å². The summed E-state index contributed by atoms with van der Waals surface area (Å²) in [6.07, 6.45) is 3.35. The minimum absolute atomic E-state index is 0.0967. The van der Waals surface area contributed by atoms with Crippen molar-refractivity contribution in [2.75, 3.05) is 26.3 Å². The monoisotopic (exact) mass is 374 g/mol. The molecule has 2 unspecified atom stereocenters. The van der Waals surface area contributed by atoms with Gasteiger partial charge in [-0.3, -0.25) is 4.90 Å². The van der Waals surface area contributed by atoms with Gasteiger partial charge in [0.15, 0.2) is 0 Å². The third kappa shape index (κ3) is 4.54. The van der Waals surface area contributed by atoms with E-state index in [0.29, 0.717) is 30.1 Å². The van der Waals surface area contributed by atoms with Crippen molar-refractivity contribution >= 4 is 0 Å². The number of aliphatic hydroxyl groups excluding tert-OH is 1. The van der Waals surface area contributed by atoms with E-state index < -0.39 is 30.2 Å². The zero-order chi connectivity index (χ0) is 19.2. The van der Waals surface area contributed by atoms with Crippen molar-refractivity contribution < 1.29 is 19.0 Å². The summed E-state index contributed by atoms with van der Waals surface area (Å²) in [6, 6.07) is 12.0. The lowest BCUT2D eigenvalue weighted by Gasteiger charge is -2.40. The quantitative estimate of drug-likeness (QED) is 0.711. The molecule has 1 saturated carbocycles. The molecule has 0 saturated heterocycles. The summed E-state index contributed by atoms with van der Waals surface area (Å²) in [5.41, 5.74) is 0.687. The fraction of sp³-hybridized carbons (Fsp3) is 0.455. The molecule has 2 aromatic carbocycles. The molecule has 1 N–H and O–H groups in total. The Morgan fingerprint density at radius 1 is 1.00 bits per heavy atom. The average Bonchev–Trinajstić information content (AvgIpc) is 2.64. The topological polar surface area (TPSA) is 43.4 Å². The van der Waals surface area contributed by atoms with Gasteiger partial charge in [-0.25, -0.2) is 13.9 Å². The summed E-state index contributed by atoms with van der Waals surface area (Å²) in [5.74, 6) is -1.13. The summed E-state index contributed by atoms with van der Waals surface area (Å²) in [4.78, 5) is 1.97. The molecule has 0 amide bonds. The van der Waals surface area contributed by atoms with Crippen molar-refractivity contribution in [3.05, 3.63) is 71.3 Å². The van der Waals surface area contributed by atoms with Gasteiger partial charge in [0.1, 0.15) is 11.6 Å². The Morgan fingerprint density at radius 3 is 2.07 bits per heavy atom. The Balaban J connectivity index is 2.04. The maximum Gasteiger partial charge on any atom is 0.128 e. The van der Waals surface area contributed by atoms with Gasteiger partial charge in [0.2, 0.25) is 0 Å². The van der Waals surface area contributed by atoms with Crippen LogP contribution in [0.5, 0.6) is 0 Å². The van der Waals surface area contributed by atoms with Crippen molar-refractivity contribution in [3.8, 4) is 0 Å². The van der Waals surface area contributed by atoms with Gasteiger partial charge in [-0.15, -0.1) is 0 Å². The first kappa shape index (κ1) is 19.9. The predicted molar refractivity (Wildman–Crippen MR) is 99.8 cm³/mol. The molecule has 1 aliphatic rings. The zero-order valence-corrected chi connectivity index (χ0v) is 15.4. The van der Waals surface area contributed by atoms with Crippen LogP contribution in [0.1, 0.15) is 42.3 Å². The second-order valence-electron chi connectivity index (χ2n) is 7.28. The van der Waals surface area contributed by atoms with Crippen molar-refractivity contribution in [2.24, 2.45) is 5.92 Å². The molecule has 5 heteroatoms. The van der Waals surface area contributed by atoms with Crippen LogP contribution < -0.4 is 0 Å². The van der Waals surface area contributed by atoms with E-state index >= 15 is 0 Å². The van der Waals surface area contributed by atoms with Crippen LogP contribution in [0, 0.1) is 17.6 Å². The predicted octanol–water partition coefficient (Wildman–Crippen LogP) is 4.31. The standard InChI is InChI=1S/C22H26F2NO2/c23-20-10-3-1-8-17(20)19(15-27)22(18-9-2-4-11-21(18)24)25(12-13-26)14-16-6-5-7-16/h1-4,8-11,16,19,22,26H,5-7,12-15H2. The molecule has 2 atom stereocenters. The van der Waals surface area contributed by atoms with Crippen LogP contribution in [0.3, 0.4) is 0 Å². The van der Waals surface area contributed by atoms with E-state index in [-0.39, 0.29) is 6.61 Å². The van der Waals surface area contributed by atoms with Crippen LogP contribution in [0.25, 0.3) is 0 Å². The van der Waals surface area contributed by atoms with Crippen LogP contribution in [0.2, 0.25) is 0 Å². The van der Waals surface area contributed by atoms with Gasteiger partial charge in [-0.05, 0) is 36.5 Å². The minimum Gasteiger partial charge on any atom is -0.395 e. The van der Waals surface area contributed by atoms with Crippen molar-refractivity contribution in [1.29, 1.82) is 0 Å². The van der Waals surface area contributed by atoms with E-state index in [4.69, 9.17) is 0 Å². The van der Waals surface area contributed by atoms with Crippen LogP contribution in [-0.4, -0.2) is 36.3 Å². The van der Waals surface area contributed by atoms with Gasteiger partial charge in [0.05, 0.1) is 13.2 Å². The molecule has 145 valence electrons. The summed E-state index contributed by atoms with van der Waals surface area (Å²) < 4.78 is 29.2. The van der Waals surface area contributed by atoms with Crippen LogP contribution in [-0.2, 0) is 5.11 Å². The lowest BCUT2D eigenvalue weighted by atomic mass is 9.82. The summed E-state index contributed by atoms with van der Waals surface area (Å²) in [7, 11) is 0. The molecule has 0 bridgehead atoms. The molecule has 0 heterocycles. The van der Waals surface area contributed by atoms with E-state index in [2.05, 4.69) is 0 Å². The molecule has 3 rings (SSSR count). The molecule has 1 aliphatic carbocycles. The molecule has 0 aliphatic heterocycles. The number of aliphatic hydroxyl groups is 1. The lowest BCUT2D eigenvalue weighted by Crippen LogP contribution is -2.41. The normalized spacial score (nSPS) is 16.9. The molecule has 27 heavy (non-hydrogen) atoms. The Hall–Kier alpha value is -1.82. The summed E-state index contributed by atoms with van der Waals surface area (Å²) in [6.45, 7) is 0.331. The number of rotatable bonds is 9. The van der Waals surface area contributed by atoms with Gasteiger partial charge < -0.3 is 5.11 Å².